The molecule has 2 fully saturated rings. The van der Waals surface area contributed by atoms with Crippen LogP contribution in [0, 0.1) is 10.8 Å². The molecule has 0 amide bonds. The molecule has 1 saturated carbocycles. The first-order valence-corrected chi connectivity index (χ1v) is 10.1. The summed E-state index contributed by atoms with van der Waals surface area (Å²) in [5.41, 5.74) is -0.679. The zero-order chi connectivity index (χ0) is 20.2. The molecule has 1 saturated heterocycles. The van der Waals surface area contributed by atoms with Gasteiger partial charge in [-0.3, -0.25) is 4.90 Å². The molecule has 0 bridgehead atoms. The Bertz CT molecular complexity index is 809. The fourth-order valence-electron chi connectivity index (χ4n) is 6.16. The molecule has 1 aliphatic carbocycles. The van der Waals surface area contributed by atoms with Crippen molar-refractivity contribution in [1.82, 2.24) is 9.88 Å². The van der Waals surface area contributed by atoms with Crippen molar-refractivity contribution in [2.45, 2.75) is 39.3 Å². The Hall–Kier alpha value is -2.11. The van der Waals surface area contributed by atoms with E-state index in [-0.39, 0.29) is 22.6 Å². The second-order valence-electron chi connectivity index (χ2n) is 9.31. The van der Waals surface area contributed by atoms with E-state index in [4.69, 9.17) is 0 Å². The molecule has 1 aromatic heterocycles. The Morgan fingerprint density at radius 2 is 1.50 bits per heavy atom. The van der Waals surface area contributed by atoms with Gasteiger partial charge in [0.1, 0.15) is 17.2 Å². The Kier molecular flexibility index (Phi) is 4.43. The van der Waals surface area contributed by atoms with Crippen LogP contribution >= 0.6 is 0 Å². The molecular formula is C23H31N3O2. The monoisotopic (exact) mass is 381 g/mol. The van der Waals surface area contributed by atoms with Crippen molar-refractivity contribution in [3.05, 3.63) is 54.2 Å². The molecule has 150 valence electrons. The molecule has 4 rings (SSSR count). The first-order chi connectivity index (χ1) is 13.2. The van der Waals surface area contributed by atoms with E-state index in [1.165, 1.54) is 0 Å². The number of hydrogen-bond donors (Lipinski definition) is 2. The van der Waals surface area contributed by atoms with Gasteiger partial charge in [0.15, 0.2) is 0 Å². The van der Waals surface area contributed by atoms with Crippen molar-refractivity contribution in [1.29, 1.82) is 0 Å². The summed E-state index contributed by atoms with van der Waals surface area (Å²) in [6.45, 7) is 12.5. The number of aromatic nitrogens is 1. The summed E-state index contributed by atoms with van der Waals surface area (Å²) in [7, 11) is 0. The van der Waals surface area contributed by atoms with E-state index in [1.807, 2.05) is 30.5 Å². The highest BCUT2D eigenvalue weighted by atomic mass is 16.3. The van der Waals surface area contributed by atoms with E-state index in [9.17, 15) is 10.2 Å². The topological polar surface area (TPSA) is 59.8 Å². The van der Waals surface area contributed by atoms with Crippen LogP contribution < -0.4 is 4.90 Å². The first kappa shape index (κ1) is 19.2. The van der Waals surface area contributed by atoms with E-state index in [1.54, 1.807) is 12.1 Å². The van der Waals surface area contributed by atoms with Gasteiger partial charge in [0.25, 0.3) is 0 Å². The molecule has 0 atom stereocenters. The van der Waals surface area contributed by atoms with Gasteiger partial charge in [-0.2, -0.15) is 0 Å². The molecule has 2 N–H and O–H groups in total. The minimum absolute atomic E-state index is 0.226. The maximum atomic E-state index is 11.8. The molecule has 5 nitrogen and oxygen atoms in total. The first-order valence-electron chi connectivity index (χ1n) is 10.1. The number of phenols is 1. The smallest absolute Gasteiger partial charge is 0.128 e. The van der Waals surface area contributed by atoms with Crippen molar-refractivity contribution < 1.29 is 10.2 Å². The van der Waals surface area contributed by atoms with Crippen LogP contribution in [-0.2, 0) is 5.60 Å². The van der Waals surface area contributed by atoms with Crippen molar-refractivity contribution in [2.24, 2.45) is 10.8 Å². The lowest BCUT2D eigenvalue weighted by Crippen LogP contribution is -2.79. The lowest BCUT2D eigenvalue weighted by Gasteiger charge is -2.72. The van der Waals surface area contributed by atoms with Crippen LogP contribution in [-0.4, -0.2) is 52.3 Å². The highest BCUT2D eigenvalue weighted by Crippen LogP contribution is 2.68. The maximum absolute atomic E-state index is 11.8. The van der Waals surface area contributed by atoms with Crippen LogP contribution in [0.2, 0.25) is 0 Å². The fraction of sp³-hybridized carbons (Fsp3) is 0.522. The predicted molar refractivity (Wildman–Crippen MR) is 111 cm³/mol. The van der Waals surface area contributed by atoms with Crippen molar-refractivity contribution in [2.75, 3.05) is 31.1 Å². The zero-order valence-electron chi connectivity index (χ0n) is 17.3. The number of phenolic OH excluding ortho intramolecular Hbond substituents is 1. The Labute approximate surface area is 167 Å². The Morgan fingerprint density at radius 3 is 2.04 bits per heavy atom. The third-order valence-corrected chi connectivity index (χ3v) is 7.17. The summed E-state index contributed by atoms with van der Waals surface area (Å²) < 4.78 is 0. The lowest BCUT2D eigenvalue weighted by molar-refractivity contribution is -0.307. The molecule has 2 heterocycles. The molecule has 28 heavy (non-hydrogen) atoms. The number of anilines is 1. The number of pyridine rings is 1. The second-order valence-corrected chi connectivity index (χ2v) is 9.31. The highest BCUT2D eigenvalue weighted by molar-refractivity contribution is 5.41. The molecule has 0 radical (unpaired) electrons. The summed E-state index contributed by atoms with van der Waals surface area (Å²) in [6.07, 6.45) is 1.84. The number of aliphatic hydroxyl groups is 1. The highest BCUT2D eigenvalue weighted by Gasteiger charge is 2.73. The van der Waals surface area contributed by atoms with Gasteiger partial charge in [-0.05, 0) is 29.8 Å². The predicted octanol–water partition coefficient (Wildman–Crippen LogP) is 3.23. The van der Waals surface area contributed by atoms with Gasteiger partial charge < -0.3 is 15.1 Å². The largest absolute Gasteiger partial charge is 0.508 e. The Morgan fingerprint density at radius 1 is 0.893 bits per heavy atom. The number of benzene rings is 1. The van der Waals surface area contributed by atoms with E-state index >= 15 is 0 Å². The molecular weight excluding hydrogens is 350 g/mol. The number of piperazine rings is 1. The summed E-state index contributed by atoms with van der Waals surface area (Å²) in [5, 5.41) is 21.5. The average Bonchev–Trinajstić information content (AvgIpc) is 2.68. The summed E-state index contributed by atoms with van der Waals surface area (Å²) in [5.74, 6) is 1.26. The molecule has 1 aliphatic heterocycles. The molecule has 1 aromatic carbocycles. The zero-order valence-corrected chi connectivity index (χ0v) is 17.3. The van der Waals surface area contributed by atoms with Crippen LogP contribution in [0.5, 0.6) is 5.75 Å². The van der Waals surface area contributed by atoms with Crippen molar-refractivity contribution in [3.8, 4) is 5.75 Å². The van der Waals surface area contributed by atoms with E-state index in [2.05, 4.69) is 48.5 Å². The van der Waals surface area contributed by atoms with Crippen LogP contribution in [0.15, 0.2) is 48.7 Å². The van der Waals surface area contributed by atoms with Gasteiger partial charge in [-0.25, -0.2) is 4.98 Å². The second kappa shape index (κ2) is 6.46. The Balaban J connectivity index is 1.54. The quantitative estimate of drug-likeness (QED) is 0.855. The van der Waals surface area contributed by atoms with Gasteiger partial charge in [-0.15, -0.1) is 0 Å². The third kappa shape index (κ3) is 2.56. The average molecular weight is 382 g/mol. The minimum atomic E-state index is -0.948. The van der Waals surface area contributed by atoms with E-state index in [0.29, 0.717) is 0 Å². The van der Waals surface area contributed by atoms with E-state index < -0.39 is 5.60 Å². The van der Waals surface area contributed by atoms with Crippen LogP contribution in [0.1, 0.15) is 33.3 Å². The molecule has 2 aromatic rings. The minimum Gasteiger partial charge on any atom is -0.508 e. The standard InChI is InChI=1S/C23H31N3O2/c1-21(2)20(22(3,4)23(21,28)17-8-10-18(27)11-9-17)26-15-13-25(14-16-26)19-7-5-6-12-24-19/h5-12,20,27-28H,13-16H2,1-4H3. The summed E-state index contributed by atoms with van der Waals surface area (Å²) >= 11 is 0. The summed E-state index contributed by atoms with van der Waals surface area (Å²) in [4.78, 5) is 9.35. The van der Waals surface area contributed by atoms with Gasteiger partial charge in [0.05, 0.1) is 0 Å². The SMILES string of the molecule is CC1(C)C(N2CCN(c3ccccn3)CC2)C(C)(C)C1(O)c1ccc(O)cc1. The van der Waals surface area contributed by atoms with Crippen LogP contribution in [0.4, 0.5) is 5.82 Å². The van der Waals surface area contributed by atoms with Gasteiger partial charge in [-0.1, -0.05) is 45.9 Å². The molecule has 0 spiro atoms. The number of aromatic hydroxyl groups is 1. The van der Waals surface area contributed by atoms with Gasteiger partial charge in [0, 0.05) is 49.2 Å². The normalized spacial score (nSPS) is 29.3. The lowest BCUT2D eigenvalue weighted by atomic mass is 9.39. The number of hydrogen-bond acceptors (Lipinski definition) is 5. The van der Waals surface area contributed by atoms with Crippen molar-refractivity contribution >= 4 is 5.82 Å². The summed E-state index contributed by atoms with van der Waals surface area (Å²) in [6, 6.07) is 13.4. The van der Waals surface area contributed by atoms with Gasteiger partial charge in [0.2, 0.25) is 0 Å². The molecule has 0 unspecified atom stereocenters. The number of nitrogens with zero attached hydrogens (tertiary/aromatic N) is 3. The molecule has 2 aliphatic rings. The number of rotatable bonds is 3. The van der Waals surface area contributed by atoms with Crippen LogP contribution in [0.25, 0.3) is 0 Å². The molecule has 5 heteroatoms. The van der Waals surface area contributed by atoms with Crippen molar-refractivity contribution in [3.63, 3.8) is 0 Å². The third-order valence-electron chi connectivity index (χ3n) is 7.17. The van der Waals surface area contributed by atoms with Gasteiger partial charge >= 0.3 is 0 Å². The van der Waals surface area contributed by atoms with Crippen LogP contribution in [0.3, 0.4) is 0 Å². The van der Waals surface area contributed by atoms with E-state index in [0.717, 1.165) is 37.6 Å². The fourth-order valence-corrected chi connectivity index (χ4v) is 6.16. The maximum Gasteiger partial charge on any atom is 0.128 e.